The molecular weight excluding hydrogens is 594 g/mol. The van der Waals surface area contributed by atoms with Crippen LogP contribution in [-0.2, 0) is 17.9 Å². The molecule has 0 spiro atoms. The lowest BCUT2D eigenvalue weighted by molar-refractivity contribution is -0.135. The Bertz CT molecular complexity index is 1670. The summed E-state index contributed by atoms with van der Waals surface area (Å²) in [6.45, 7) is 7.78. The molecule has 1 amide bonds. The van der Waals surface area contributed by atoms with E-state index in [9.17, 15) is 14.7 Å². The van der Waals surface area contributed by atoms with Crippen LogP contribution in [0.5, 0.6) is 11.5 Å². The van der Waals surface area contributed by atoms with Crippen LogP contribution in [0.15, 0.2) is 71.5 Å². The molecular formula is C34H40ClN5O5. The highest BCUT2D eigenvalue weighted by Gasteiger charge is 2.25. The van der Waals surface area contributed by atoms with Gasteiger partial charge in [-0.2, -0.15) is 0 Å². The standard InChI is InChI=1S/C34H40ClN5O5/c1-24(2)45-31-13-8-25(21-37(3)18-19-41)20-30(31)40-32(36-29-7-5-4-6-28(29)34(40)43)22-38-14-16-39(17-15-38)33(42)23-44-27-11-9-26(35)10-12-27/h4-13,20,24,41H,14-19,21-23H2,1-3H3. The lowest BCUT2D eigenvalue weighted by atomic mass is 10.1. The highest BCUT2D eigenvalue weighted by atomic mass is 35.5. The van der Waals surface area contributed by atoms with E-state index in [-0.39, 0.29) is 30.8 Å². The van der Waals surface area contributed by atoms with E-state index in [1.165, 1.54) is 0 Å². The number of hydrogen-bond acceptors (Lipinski definition) is 8. The number of benzene rings is 3. The first-order valence-electron chi connectivity index (χ1n) is 15.2. The second kappa shape index (κ2) is 14.9. The van der Waals surface area contributed by atoms with Gasteiger partial charge in [0, 0.05) is 44.3 Å². The van der Waals surface area contributed by atoms with E-state index in [1.54, 1.807) is 39.8 Å². The Morgan fingerprint density at radius 2 is 1.78 bits per heavy atom. The number of aromatic nitrogens is 2. The average molecular weight is 634 g/mol. The Morgan fingerprint density at radius 1 is 1.04 bits per heavy atom. The monoisotopic (exact) mass is 633 g/mol. The number of amides is 1. The summed E-state index contributed by atoms with van der Waals surface area (Å²) in [5.74, 6) is 1.70. The van der Waals surface area contributed by atoms with Crippen LogP contribution in [0.2, 0.25) is 5.02 Å². The molecule has 1 aromatic heterocycles. The molecule has 4 aromatic rings. The molecule has 0 bridgehead atoms. The molecule has 0 unspecified atom stereocenters. The summed E-state index contributed by atoms with van der Waals surface area (Å²) in [5.41, 5.74) is 2.08. The molecule has 2 heterocycles. The molecule has 1 N–H and O–H groups in total. The molecule has 238 valence electrons. The van der Waals surface area contributed by atoms with Crippen molar-refractivity contribution in [3.05, 3.63) is 93.5 Å². The molecule has 3 aromatic carbocycles. The smallest absolute Gasteiger partial charge is 0.266 e. The first-order chi connectivity index (χ1) is 21.7. The summed E-state index contributed by atoms with van der Waals surface area (Å²) >= 11 is 5.94. The van der Waals surface area contributed by atoms with Crippen molar-refractivity contribution in [2.75, 3.05) is 53.0 Å². The quantitative estimate of drug-likeness (QED) is 0.250. The summed E-state index contributed by atoms with van der Waals surface area (Å²) in [4.78, 5) is 38.0. The van der Waals surface area contributed by atoms with Gasteiger partial charge in [-0.25, -0.2) is 4.98 Å². The van der Waals surface area contributed by atoms with Gasteiger partial charge in [0.2, 0.25) is 0 Å². The zero-order valence-electron chi connectivity index (χ0n) is 26.0. The van der Waals surface area contributed by atoms with Gasteiger partial charge in [0.25, 0.3) is 11.5 Å². The summed E-state index contributed by atoms with van der Waals surface area (Å²) in [6.07, 6.45) is -0.103. The molecule has 10 nitrogen and oxygen atoms in total. The fourth-order valence-electron chi connectivity index (χ4n) is 5.41. The van der Waals surface area contributed by atoms with Crippen molar-refractivity contribution >= 4 is 28.4 Å². The number of halogens is 1. The second-order valence-corrected chi connectivity index (χ2v) is 12.0. The van der Waals surface area contributed by atoms with Crippen molar-refractivity contribution in [3.63, 3.8) is 0 Å². The van der Waals surface area contributed by atoms with Gasteiger partial charge in [0.1, 0.15) is 17.3 Å². The second-order valence-electron chi connectivity index (χ2n) is 11.5. The maximum atomic E-state index is 14.1. The van der Waals surface area contributed by atoms with Gasteiger partial charge in [-0.3, -0.25) is 24.0 Å². The van der Waals surface area contributed by atoms with Gasteiger partial charge in [-0.15, -0.1) is 0 Å². The first kappa shape index (κ1) is 32.4. The third-order valence-corrected chi connectivity index (χ3v) is 7.92. The number of carbonyl (C=O) groups is 1. The third-order valence-electron chi connectivity index (χ3n) is 7.67. The van der Waals surface area contributed by atoms with Gasteiger partial charge in [-0.1, -0.05) is 29.8 Å². The topological polar surface area (TPSA) is 100 Å². The number of hydrogen-bond donors (Lipinski definition) is 1. The van der Waals surface area contributed by atoms with Crippen molar-refractivity contribution in [2.24, 2.45) is 0 Å². The SMILES string of the molecule is CC(C)Oc1ccc(CN(C)CCO)cc1-n1c(CN2CCN(C(=O)COc3ccc(Cl)cc3)CC2)nc2ccccc2c1=O. The van der Waals surface area contributed by atoms with Crippen LogP contribution >= 0.6 is 11.6 Å². The van der Waals surface area contributed by atoms with Gasteiger partial charge in [0.15, 0.2) is 6.61 Å². The molecule has 0 radical (unpaired) electrons. The van der Waals surface area contributed by atoms with Crippen molar-refractivity contribution in [1.82, 2.24) is 24.3 Å². The first-order valence-corrected chi connectivity index (χ1v) is 15.6. The number of rotatable bonds is 12. The predicted octanol–water partition coefficient (Wildman–Crippen LogP) is 3.97. The molecule has 5 rings (SSSR count). The summed E-state index contributed by atoms with van der Waals surface area (Å²) in [7, 11) is 1.94. The molecule has 0 aliphatic carbocycles. The number of nitrogens with zero attached hydrogens (tertiary/aromatic N) is 5. The maximum Gasteiger partial charge on any atom is 0.266 e. The molecule has 1 aliphatic heterocycles. The maximum absolute atomic E-state index is 14.1. The Kier molecular flexibility index (Phi) is 10.7. The van der Waals surface area contributed by atoms with E-state index >= 15 is 0 Å². The fraction of sp³-hybridized carbons (Fsp3) is 0.382. The van der Waals surface area contributed by atoms with Crippen LogP contribution < -0.4 is 15.0 Å². The number of aliphatic hydroxyl groups excluding tert-OH is 1. The molecule has 0 saturated carbocycles. The molecule has 1 aliphatic rings. The number of ether oxygens (including phenoxy) is 2. The zero-order chi connectivity index (χ0) is 31.9. The third kappa shape index (κ3) is 8.20. The Morgan fingerprint density at radius 3 is 2.49 bits per heavy atom. The van der Waals surface area contributed by atoms with Crippen LogP contribution in [-0.4, -0.2) is 94.4 Å². The van der Waals surface area contributed by atoms with Crippen LogP contribution in [0, 0.1) is 0 Å². The number of fused-ring (bicyclic) bond motifs is 1. The molecule has 1 saturated heterocycles. The minimum absolute atomic E-state index is 0.0458. The Balaban J connectivity index is 1.40. The van der Waals surface area contributed by atoms with E-state index in [4.69, 9.17) is 26.1 Å². The van der Waals surface area contributed by atoms with Gasteiger partial charge < -0.3 is 19.5 Å². The minimum atomic E-state index is -0.168. The highest BCUT2D eigenvalue weighted by Crippen LogP contribution is 2.27. The van der Waals surface area contributed by atoms with Crippen molar-refractivity contribution in [1.29, 1.82) is 0 Å². The predicted molar refractivity (Wildman–Crippen MR) is 175 cm³/mol. The average Bonchev–Trinajstić information content (AvgIpc) is 3.02. The number of aliphatic hydroxyl groups is 1. The van der Waals surface area contributed by atoms with E-state index in [0.717, 1.165) is 5.56 Å². The fourth-order valence-corrected chi connectivity index (χ4v) is 5.53. The normalized spacial score (nSPS) is 14.0. The van der Waals surface area contributed by atoms with Crippen LogP contribution in [0.25, 0.3) is 16.6 Å². The van der Waals surface area contributed by atoms with Crippen LogP contribution in [0.4, 0.5) is 0 Å². The van der Waals surface area contributed by atoms with Gasteiger partial charge >= 0.3 is 0 Å². The number of piperazine rings is 1. The van der Waals surface area contributed by atoms with E-state index in [0.29, 0.717) is 84.7 Å². The molecule has 1 fully saturated rings. The number of carbonyl (C=O) groups excluding carboxylic acids is 1. The lowest BCUT2D eigenvalue weighted by Crippen LogP contribution is -2.50. The van der Waals surface area contributed by atoms with E-state index in [1.807, 2.05) is 62.2 Å². The van der Waals surface area contributed by atoms with Gasteiger partial charge in [-0.05, 0) is 75.0 Å². The summed E-state index contributed by atoms with van der Waals surface area (Å²) in [6, 6.07) is 20.2. The minimum Gasteiger partial charge on any atom is -0.489 e. The zero-order valence-corrected chi connectivity index (χ0v) is 26.7. The van der Waals surface area contributed by atoms with Crippen LogP contribution in [0.1, 0.15) is 25.2 Å². The number of para-hydroxylation sites is 1. The Hall–Kier alpha value is -3.96. The molecule has 0 atom stereocenters. The molecule has 11 heteroatoms. The highest BCUT2D eigenvalue weighted by molar-refractivity contribution is 6.30. The van der Waals surface area contributed by atoms with E-state index in [2.05, 4.69) is 4.90 Å². The van der Waals surface area contributed by atoms with Crippen molar-refractivity contribution in [3.8, 4) is 17.2 Å². The van der Waals surface area contributed by atoms with E-state index < -0.39 is 0 Å². The summed E-state index contributed by atoms with van der Waals surface area (Å²) in [5, 5.41) is 10.5. The van der Waals surface area contributed by atoms with Gasteiger partial charge in [0.05, 0.1) is 35.8 Å². The Labute approximate surface area is 268 Å². The lowest BCUT2D eigenvalue weighted by Gasteiger charge is -2.34. The largest absolute Gasteiger partial charge is 0.489 e. The van der Waals surface area contributed by atoms with Crippen LogP contribution in [0.3, 0.4) is 0 Å². The number of likely N-dealkylation sites (N-methyl/N-ethyl adjacent to an activating group) is 1. The molecule has 45 heavy (non-hydrogen) atoms. The van der Waals surface area contributed by atoms with Crippen molar-refractivity contribution < 1.29 is 19.4 Å². The van der Waals surface area contributed by atoms with Crippen molar-refractivity contribution in [2.45, 2.75) is 33.0 Å². The summed E-state index contributed by atoms with van der Waals surface area (Å²) < 4.78 is 13.5.